The molecule has 4 nitrogen and oxygen atoms in total. The molecule has 1 atom stereocenters. The van der Waals surface area contributed by atoms with Gasteiger partial charge in [-0.05, 0) is 42.3 Å². The van der Waals surface area contributed by atoms with Crippen LogP contribution in [0.3, 0.4) is 0 Å². The highest BCUT2D eigenvalue weighted by Gasteiger charge is 2.10. The molecule has 0 aliphatic rings. The minimum atomic E-state index is -0.376. The lowest BCUT2D eigenvalue weighted by atomic mass is 10.1. The molecule has 0 amide bonds. The molecule has 0 bridgehead atoms. The Labute approximate surface area is 129 Å². The molecule has 0 aliphatic carbocycles. The van der Waals surface area contributed by atoms with Gasteiger partial charge in [-0.15, -0.1) is 0 Å². The number of aromatic nitrogens is 2. The molecule has 1 aromatic heterocycles. The van der Waals surface area contributed by atoms with Crippen molar-refractivity contribution in [3.05, 3.63) is 78.4 Å². The minimum Gasteiger partial charge on any atom is -0.366 e. The molecule has 22 heavy (non-hydrogen) atoms. The quantitative estimate of drug-likeness (QED) is 0.793. The van der Waals surface area contributed by atoms with Gasteiger partial charge in [-0.2, -0.15) is 5.26 Å². The lowest BCUT2D eigenvalue weighted by Gasteiger charge is -2.14. The summed E-state index contributed by atoms with van der Waals surface area (Å²) in [5.41, 5.74) is 4.07. The van der Waals surface area contributed by atoms with E-state index in [-0.39, 0.29) is 6.04 Å². The first kappa shape index (κ1) is 13.9. The van der Waals surface area contributed by atoms with Gasteiger partial charge in [0.2, 0.25) is 0 Å². The van der Waals surface area contributed by atoms with Gasteiger partial charge in [-0.25, -0.2) is 4.98 Å². The smallest absolute Gasteiger partial charge is 0.140 e. The fourth-order valence-corrected chi connectivity index (χ4v) is 2.34. The number of aryl methyl sites for hydroxylation is 1. The van der Waals surface area contributed by atoms with Gasteiger partial charge in [0.05, 0.1) is 12.4 Å². The molecule has 0 spiro atoms. The summed E-state index contributed by atoms with van der Waals surface area (Å²) in [6.07, 6.45) is 5.38. The van der Waals surface area contributed by atoms with E-state index in [0.717, 1.165) is 22.5 Å². The zero-order valence-corrected chi connectivity index (χ0v) is 12.3. The topological polar surface area (TPSA) is 53.6 Å². The van der Waals surface area contributed by atoms with Gasteiger partial charge >= 0.3 is 0 Å². The number of hydrogen-bond donors (Lipinski definition) is 1. The predicted molar refractivity (Wildman–Crippen MR) is 86.7 cm³/mol. The molecule has 3 rings (SSSR count). The molecule has 108 valence electrons. The fourth-order valence-electron chi connectivity index (χ4n) is 2.34. The Morgan fingerprint density at radius 1 is 1.18 bits per heavy atom. The van der Waals surface area contributed by atoms with Crippen LogP contribution in [-0.2, 0) is 0 Å². The Kier molecular flexibility index (Phi) is 3.88. The van der Waals surface area contributed by atoms with Crippen LogP contribution in [0.25, 0.3) is 5.69 Å². The van der Waals surface area contributed by atoms with E-state index >= 15 is 0 Å². The average molecular weight is 288 g/mol. The number of hydrogen-bond acceptors (Lipinski definition) is 3. The number of anilines is 1. The zero-order chi connectivity index (χ0) is 15.4. The van der Waals surface area contributed by atoms with E-state index in [9.17, 15) is 5.26 Å². The first-order valence-corrected chi connectivity index (χ1v) is 7.07. The van der Waals surface area contributed by atoms with Crippen LogP contribution in [-0.4, -0.2) is 9.55 Å². The number of benzene rings is 2. The van der Waals surface area contributed by atoms with Gasteiger partial charge in [0.25, 0.3) is 0 Å². The molecule has 1 unspecified atom stereocenters. The van der Waals surface area contributed by atoms with Gasteiger partial charge < -0.3 is 9.88 Å². The number of nitriles is 1. The molecule has 0 aliphatic heterocycles. The highest BCUT2D eigenvalue weighted by molar-refractivity contribution is 5.50. The Bertz CT molecular complexity index is 783. The Morgan fingerprint density at radius 3 is 2.64 bits per heavy atom. The Balaban J connectivity index is 1.81. The maximum Gasteiger partial charge on any atom is 0.140 e. The van der Waals surface area contributed by atoms with E-state index < -0.39 is 0 Å². The highest BCUT2D eigenvalue weighted by Crippen LogP contribution is 2.21. The molecule has 3 aromatic rings. The molecule has 0 saturated carbocycles. The van der Waals surface area contributed by atoms with E-state index in [2.05, 4.69) is 16.4 Å². The summed E-state index contributed by atoms with van der Waals surface area (Å²) in [6.45, 7) is 2.03. The van der Waals surface area contributed by atoms with Crippen molar-refractivity contribution in [1.82, 2.24) is 9.55 Å². The SMILES string of the molecule is Cc1cccc(NC(C#N)c2ccc(-n3ccnc3)cc2)c1. The zero-order valence-electron chi connectivity index (χ0n) is 12.3. The fraction of sp³-hybridized carbons (Fsp3) is 0.111. The van der Waals surface area contributed by atoms with Crippen LogP contribution in [0.4, 0.5) is 5.69 Å². The van der Waals surface area contributed by atoms with Crippen molar-refractivity contribution in [3.63, 3.8) is 0 Å². The Hall–Kier alpha value is -3.06. The second-order valence-corrected chi connectivity index (χ2v) is 5.14. The molecule has 2 aromatic carbocycles. The van der Waals surface area contributed by atoms with Crippen molar-refractivity contribution in [3.8, 4) is 11.8 Å². The average Bonchev–Trinajstić information content (AvgIpc) is 3.07. The summed E-state index contributed by atoms with van der Waals surface area (Å²) in [6, 6.07) is 17.8. The lowest BCUT2D eigenvalue weighted by Crippen LogP contribution is -2.08. The maximum atomic E-state index is 9.44. The largest absolute Gasteiger partial charge is 0.366 e. The van der Waals surface area contributed by atoms with Crippen molar-refractivity contribution in [1.29, 1.82) is 5.26 Å². The lowest BCUT2D eigenvalue weighted by molar-refractivity contribution is 0.988. The number of nitrogens with one attached hydrogen (secondary N) is 1. The van der Waals surface area contributed by atoms with E-state index in [4.69, 9.17) is 0 Å². The first-order chi connectivity index (χ1) is 10.8. The minimum absolute atomic E-state index is 0.376. The van der Waals surface area contributed by atoms with Gasteiger partial charge in [-0.3, -0.25) is 0 Å². The van der Waals surface area contributed by atoms with Crippen LogP contribution in [0, 0.1) is 18.3 Å². The second-order valence-electron chi connectivity index (χ2n) is 5.14. The summed E-state index contributed by atoms with van der Waals surface area (Å²) in [5.74, 6) is 0. The van der Waals surface area contributed by atoms with Crippen LogP contribution in [0.5, 0.6) is 0 Å². The second kappa shape index (κ2) is 6.15. The molecule has 0 fully saturated rings. The monoisotopic (exact) mass is 288 g/mol. The molecule has 4 heteroatoms. The van der Waals surface area contributed by atoms with Crippen LogP contribution in [0.2, 0.25) is 0 Å². The molecular weight excluding hydrogens is 272 g/mol. The van der Waals surface area contributed by atoms with Crippen LogP contribution in [0.1, 0.15) is 17.2 Å². The van der Waals surface area contributed by atoms with Gasteiger partial charge in [-0.1, -0.05) is 24.3 Å². The van der Waals surface area contributed by atoms with E-state index in [1.807, 2.05) is 66.2 Å². The Morgan fingerprint density at radius 2 is 2.00 bits per heavy atom. The number of imidazole rings is 1. The molecular formula is C18H16N4. The van der Waals surface area contributed by atoms with Crippen molar-refractivity contribution >= 4 is 5.69 Å². The maximum absolute atomic E-state index is 9.44. The first-order valence-electron chi connectivity index (χ1n) is 7.07. The standard InChI is InChI=1S/C18H16N4/c1-14-3-2-4-16(11-14)21-18(12-19)15-5-7-17(8-6-15)22-10-9-20-13-22/h2-11,13,18,21H,1H3. The van der Waals surface area contributed by atoms with E-state index in [0.29, 0.717) is 0 Å². The number of rotatable bonds is 4. The van der Waals surface area contributed by atoms with Crippen molar-refractivity contribution in [2.45, 2.75) is 13.0 Å². The third kappa shape index (κ3) is 2.99. The van der Waals surface area contributed by atoms with Crippen LogP contribution >= 0.6 is 0 Å². The predicted octanol–water partition coefficient (Wildman–Crippen LogP) is 3.86. The van der Waals surface area contributed by atoms with Gasteiger partial charge in [0.1, 0.15) is 6.04 Å². The van der Waals surface area contributed by atoms with Gasteiger partial charge in [0, 0.05) is 23.8 Å². The van der Waals surface area contributed by atoms with E-state index in [1.165, 1.54) is 0 Å². The van der Waals surface area contributed by atoms with Crippen molar-refractivity contribution < 1.29 is 0 Å². The van der Waals surface area contributed by atoms with Crippen LogP contribution in [0.15, 0.2) is 67.3 Å². The molecule has 1 heterocycles. The van der Waals surface area contributed by atoms with E-state index in [1.54, 1.807) is 12.5 Å². The third-order valence-electron chi connectivity index (χ3n) is 3.49. The molecule has 0 radical (unpaired) electrons. The van der Waals surface area contributed by atoms with Gasteiger partial charge in [0.15, 0.2) is 0 Å². The van der Waals surface area contributed by atoms with Crippen molar-refractivity contribution in [2.24, 2.45) is 0 Å². The normalized spacial score (nSPS) is 11.6. The van der Waals surface area contributed by atoms with Crippen LogP contribution < -0.4 is 5.32 Å². The summed E-state index contributed by atoms with van der Waals surface area (Å²) in [4.78, 5) is 4.03. The van der Waals surface area contributed by atoms with Crippen molar-refractivity contribution in [2.75, 3.05) is 5.32 Å². The summed E-state index contributed by atoms with van der Waals surface area (Å²) in [5, 5.41) is 12.7. The number of nitrogens with zero attached hydrogens (tertiary/aromatic N) is 3. The molecule has 0 saturated heterocycles. The molecule has 1 N–H and O–H groups in total. The third-order valence-corrected chi connectivity index (χ3v) is 3.49. The summed E-state index contributed by atoms with van der Waals surface area (Å²) >= 11 is 0. The summed E-state index contributed by atoms with van der Waals surface area (Å²) in [7, 11) is 0. The summed E-state index contributed by atoms with van der Waals surface area (Å²) < 4.78 is 1.93. The highest BCUT2D eigenvalue weighted by atomic mass is 15.0.